The van der Waals surface area contributed by atoms with Crippen molar-refractivity contribution >= 4 is 11.9 Å². The van der Waals surface area contributed by atoms with Gasteiger partial charge in [-0.05, 0) is 13.3 Å². The number of nitrogens with one attached hydrogen (secondary N) is 1. The van der Waals surface area contributed by atoms with Gasteiger partial charge in [0, 0.05) is 24.5 Å². The molecule has 2 atom stereocenters. The van der Waals surface area contributed by atoms with E-state index in [1.807, 2.05) is 6.92 Å². The summed E-state index contributed by atoms with van der Waals surface area (Å²) in [6.07, 6.45) is 0.909. The summed E-state index contributed by atoms with van der Waals surface area (Å²) in [5, 5.41) is 11.4. The minimum absolute atomic E-state index is 0.0429. The fraction of sp³-hybridized carbons (Fsp3) is 0.833. The first-order valence-electron chi connectivity index (χ1n) is 6.00. The van der Waals surface area contributed by atoms with Gasteiger partial charge in [0.15, 0.2) is 0 Å². The number of hydrogen-bond donors (Lipinski definition) is 2. The molecule has 1 saturated carbocycles. The molecule has 1 amide bonds. The summed E-state index contributed by atoms with van der Waals surface area (Å²) in [5.41, 5.74) is -0.0745. The topological polar surface area (TPSA) is 75.6 Å². The van der Waals surface area contributed by atoms with Crippen LogP contribution in [0, 0.1) is 5.41 Å². The molecule has 0 bridgehead atoms. The molecule has 0 spiro atoms. The van der Waals surface area contributed by atoms with Gasteiger partial charge in [0.05, 0.1) is 12.5 Å². The van der Waals surface area contributed by atoms with Gasteiger partial charge in [0.25, 0.3) is 0 Å². The fourth-order valence-corrected chi connectivity index (χ4v) is 2.10. The number of aliphatic carboxylic acids is 1. The maximum atomic E-state index is 11.5. The first kappa shape index (κ1) is 14.0. The van der Waals surface area contributed by atoms with E-state index >= 15 is 0 Å². The van der Waals surface area contributed by atoms with Crippen molar-refractivity contribution in [3.8, 4) is 0 Å². The van der Waals surface area contributed by atoms with Crippen molar-refractivity contribution in [3.05, 3.63) is 0 Å². The normalized spacial score (nSPS) is 26.1. The van der Waals surface area contributed by atoms with Crippen molar-refractivity contribution in [2.24, 2.45) is 5.41 Å². The largest absolute Gasteiger partial charge is 0.481 e. The van der Waals surface area contributed by atoms with Crippen molar-refractivity contribution in [2.75, 3.05) is 6.61 Å². The minimum atomic E-state index is -0.944. The fourth-order valence-electron chi connectivity index (χ4n) is 2.10. The number of carbonyl (C=O) groups is 2. The monoisotopic (exact) mass is 243 g/mol. The molecule has 1 aliphatic rings. The van der Waals surface area contributed by atoms with Gasteiger partial charge in [-0.3, -0.25) is 9.59 Å². The molecule has 1 fully saturated rings. The Bertz CT molecular complexity index is 301. The van der Waals surface area contributed by atoms with E-state index in [0.29, 0.717) is 6.61 Å². The highest BCUT2D eigenvalue weighted by Gasteiger charge is 2.49. The van der Waals surface area contributed by atoms with Crippen LogP contribution in [0.15, 0.2) is 0 Å². The van der Waals surface area contributed by atoms with Crippen LogP contribution in [0.4, 0.5) is 0 Å². The third kappa shape index (κ3) is 3.43. The lowest BCUT2D eigenvalue weighted by atomic mass is 9.64. The molecule has 2 unspecified atom stereocenters. The number of amides is 1. The Morgan fingerprint density at radius 3 is 2.53 bits per heavy atom. The standard InChI is InChI=1S/C12H21NO4/c1-4-17-9-7-8(12(9,2)3)13-10(14)5-6-11(15)16/h8-9H,4-7H2,1-3H3,(H,13,14)(H,15,16). The quantitative estimate of drug-likeness (QED) is 0.734. The predicted octanol–water partition coefficient (Wildman–Crippen LogP) is 1.17. The molecule has 2 N–H and O–H groups in total. The smallest absolute Gasteiger partial charge is 0.303 e. The Morgan fingerprint density at radius 2 is 2.06 bits per heavy atom. The van der Waals surface area contributed by atoms with Crippen molar-refractivity contribution < 1.29 is 19.4 Å². The molecule has 5 nitrogen and oxygen atoms in total. The molecule has 0 heterocycles. The van der Waals surface area contributed by atoms with Crippen LogP contribution in [0.2, 0.25) is 0 Å². The molecule has 5 heteroatoms. The Hall–Kier alpha value is -1.10. The van der Waals surface area contributed by atoms with Gasteiger partial charge >= 0.3 is 5.97 Å². The van der Waals surface area contributed by atoms with E-state index in [-0.39, 0.29) is 36.3 Å². The highest BCUT2D eigenvalue weighted by Crippen LogP contribution is 2.42. The Morgan fingerprint density at radius 1 is 1.41 bits per heavy atom. The van der Waals surface area contributed by atoms with E-state index in [9.17, 15) is 9.59 Å². The first-order valence-corrected chi connectivity index (χ1v) is 6.00. The second-order valence-corrected chi connectivity index (χ2v) is 5.01. The van der Waals surface area contributed by atoms with E-state index < -0.39 is 5.97 Å². The van der Waals surface area contributed by atoms with Crippen molar-refractivity contribution in [3.63, 3.8) is 0 Å². The lowest BCUT2D eigenvalue weighted by Gasteiger charge is -2.51. The molecule has 0 aromatic rings. The van der Waals surface area contributed by atoms with Crippen molar-refractivity contribution in [1.29, 1.82) is 0 Å². The first-order chi connectivity index (χ1) is 7.87. The van der Waals surface area contributed by atoms with Gasteiger partial charge in [0.2, 0.25) is 5.91 Å². The molecular formula is C12H21NO4. The molecule has 0 saturated heterocycles. The Balaban J connectivity index is 2.34. The number of hydrogen-bond acceptors (Lipinski definition) is 3. The van der Waals surface area contributed by atoms with Crippen LogP contribution in [0.25, 0.3) is 0 Å². The van der Waals surface area contributed by atoms with Crippen LogP contribution < -0.4 is 5.32 Å². The number of carboxylic acids is 1. The maximum absolute atomic E-state index is 11.5. The van der Waals surface area contributed by atoms with Crippen LogP contribution >= 0.6 is 0 Å². The van der Waals surface area contributed by atoms with Crippen molar-refractivity contribution in [1.82, 2.24) is 5.32 Å². The summed E-state index contributed by atoms with van der Waals surface area (Å²) in [4.78, 5) is 21.8. The lowest BCUT2D eigenvalue weighted by Crippen LogP contribution is -2.62. The molecule has 1 aliphatic carbocycles. The van der Waals surface area contributed by atoms with E-state index in [4.69, 9.17) is 9.84 Å². The zero-order valence-electron chi connectivity index (χ0n) is 10.7. The summed E-state index contributed by atoms with van der Waals surface area (Å²) < 4.78 is 5.56. The van der Waals surface area contributed by atoms with Crippen LogP contribution in [-0.2, 0) is 14.3 Å². The molecule has 98 valence electrons. The Kier molecular flexibility index (Phi) is 4.51. The number of rotatable bonds is 6. The Labute approximate surface area is 102 Å². The predicted molar refractivity (Wildman–Crippen MR) is 62.6 cm³/mol. The third-order valence-corrected chi connectivity index (χ3v) is 3.45. The number of carboxylic acid groups (broad SMARTS) is 1. The molecule has 17 heavy (non-hydrogen) atoms. The summed E-state index contributed by atoms with van der Waals surface area (Å²) >= 11 is 0. The van der Waals surface area contributed by atoms with Gasteiger partial charge in [-0.15, -0.1) is 0 Å². The van der Waals surface area contributed by atoms with E-state index in [1.54, 1.807) is 0 Å². The number of ether oxygens (including phenoxy) is 1. The maximum Gasteiger partial charge on any atom is 0.303 e. The van der Waals surface area contributed by atoms with Crippen molar-refractivity contribution in [2.45, 2.75) is 52.2 Å². The summed E-state index contributed by atoms with van der Waals surface area (Å²) in [7, 11) is 0. The van der Waals surface area contributed by atoms with Gasteiger partial charge in [0.1, 0.15) is 0 Å². The molecule has 0 aromatic carbocycles. The van der Waals surface area contributed by atoms with Gasteiger partial charge in [-0.1, -0.05) is 13.8 Å². The van der Waals surface area contributed by atoms with Gasteiger partial charge < -0.3 is 15.2 Å². The average molecular weight is 243 g/mol. The highest BCUT2D eigenvalue weighted by atomic mass is 16.5. The average Bonchev–Trinajstić information content (AvgIpc) is 2.25. The van der Waals surface area contributed by atoms with Gasteiger partial charge in [-0.25, -0.2) is 0 Å². The van der Waals surface area contributed by atoms with Crippen LogP contribution in [0.5, 0.6) is 0 Å². The molecular weight excluding hydrogens is 222 g/mol. The van der Waals surface area contributed by atoms with E-state index in [2.05, 4.69) is 19.2 Å². The second-order valence-electron chi connectivity index (χ2n) is 5.01. The zero-order valence-corrected chi connectivity index (χ0v) is 10.7. The highest BCUT2D eigenvalue weighted by molar-refractivity contribution is 5.80. The summed E-state index contributed by atoms with van der Waals surface area (Å²) in [6.45, 7) is 6.74. The zero-order chi connectivity index (χ0) is 13.1. The summed E-state index contributed by atoms with van der Waals surface area (Å²) in [5.74, 6) is -1.14. The van der Waals surface area contributed by atoms with Crippen LogP contribution in [-0.4, -0.2) is 35.7 Å². The number of carbonyl (C=O) groups excluding carboxylic acids is 1. The van der Waals surface area contributed by atoms with Gasteiger partial charge in [-0.2, -0.15) is 0 Å². The second kappa shape index (κ2) is 5.49. The summed E-state index contributed by atoms with van der Waals surface area (Å²) in [6, 6.07) is 0.0837. The molecule has 1 rings (SSSR count). The lowest BCUT2D eigenvalue weighted by molar-refractivity contribution is -0.142. The molecule has 0 aromatic heterocycles. The van der Waals surface area contributed by atoms with Crippen LogP contribution in [0.1, 0.15) is 40.0 Å². The minimum Gasteiger partial charge on any atom is -0.481 e. The molecule has 0 aliphatic heterocycles. The van der Waals surface area contributed by atoms with E-state index in [0.717, 1.165) is 6.42 Å². The SMILES string of the molecule is CCOC1CC(NC(=O)CCC(=O)O)C1(C)C. The third-order valence-electron chi connectivity index (χ3n) is 3.45. The van der Waals surface area contributed by atoms with E-state index in [1.165, 1.54) is 0 Å². The van der Waals surface area contributed by atoms with Crippen LogP contribution in [0.3, 0.4) is 0 Å². The molecule has 0 radical (unpaired) electrons.